The summed E-state index contributed by atoms with van der Waals surface area (Å²) in [5.74, 6) is -0.160. The summed E-state index contributed by atoms with van der Waals surface area (Å²) in [6.07, 6.45) is 3.22. The van der Waals surface area contributed by atoms with E-state index in [-0.39, 0.29) is 11.4 Å². The quantitative estimate of drug-likeness (QED) is 0.875. The Morgan fingerprint density at radius 2 is 2.05 bits per heavy atom. The minimum absolute atomic E-state index is 0.112. The van der Waals surface area contributed by atoms with Crippen LogP contribution in [-0.4, -0.2) is 29.6 Å². The number of halogens is 2. The van der Waals surface area contributed by atoms with Crippen molar-refractivity contribution in [3.05, 3.63) is 34.6 Å². The van der Waals surface area contributed by atoms with Crippen molar-refractivity contribution in [2.75, 3.05) is 13.1 Å². The molecule has 0 aliphatic carbocycles. The number of piperazine rings is 1. The van der Waals surface area contributed by atoms with Gasteiger partial charge in [0, 0.05) is 41.8 Å². The summed E-state index contributed by atoms with van der Waals surface area (Å²) in [4.78, 5) is 2.45. The molecule has 0 saturated carbocycles. The molecule has 0 bridgehead atoms. The first-order chi connectivity index (χ1) is 10.0. The first-order valence-electron chi connectivity index (χ1n) is 7.97. The van der Waals surface area contributed by atoms with Crippen LogP contribution in [0.1, 0.15) is 45.6 Å². The van der Waals surface area contributed by atoms with Crippen LogP contribution >= 0.6 is 11.6 Å². The van der Waals surface area contributed by atoms with Gasteiger partial charge in [-0.1, -0.05) is 32.4 Å². The van der Waals surface area contributed by atoms with Gasteiger partial charge in [-0.25, -0.2) is 4.39 Å². The number of nitrogens with one attached hydrogen (secondary N) is 1. The molecule has 1 saturated heterocycles. The van der Waals surface area contributed by atoms with Crippen molar-refractivity contribution in [1.82, 2.24) is 10.2 Å². The fraction of sp³-hybridized carbons (Fsp3) is 0.647. The molecule has 1 aliphatic rings. The average molecular weight is 313 g/mol. The lowest BCUT2D eigenvalue weighted by Crippen LogP contribution is -2.63. The van der Waals surface area contributed by atoms with Gasteiger partial charge in [-0.3, -0.25) is 4.90 Å². The molecule has 1 aromatic rings. The summed E-state index contributed by atoms with van der Waals surface area (Å²) in [7, 11) is 0. The normalized spacial score (nSPS) is 22.4. The van der Waals surface area contributed by atoms with Crippen LogP contribution in [0, 0.1) is 5.82 Å². The smallest absolute Gasteiger partial charge is 0.127 e. The van der Waals surface area contributed by atoms with Crippen molar-refractivity contribution in [1.29, 1.82) is 0 Å². The van der Waals surface area contributed by atoms with Gasteiger partial charge in [0.15, 0.2) is 0 Å². The molecule has 1 fully saturated rings. The summed E-state index contributed by atoms with van der Waals surface area (Å²) in [6, 6.07) is 5.32. The summed E-state index contributed by atoms with van der Waals surface area (Å²) in [6.45, 7) is 9.20. The van der Waals surface area contributed by atoms with Crippen molar-refractivity contribution in [3.63, 3.8) is 0 Å². The molecule has 1 heterocycles. The van der Waals surface area contributed by atoms with E-state index in [2.05, 4.69) is 31.0 Å². The number of rotatable bonds is 5. The molecule has 2 rings (SSSR count). The molecule has 1 aliphatic heterocycles. The predicted octanol–water partition coefficient (Wildman–Crippen LogP) is 4.22. The van der Waals surface area contributed by atoms with Crippen LogP contribution in [0.25, 0.3) is 0 Å². The van der Waals surface area contributed by atoms with Crippen molar-refractivity contribution >= 4 is 11.6 Å². The maximum atomic E-state index is 14.1. The maximum Gasteiger partial charge on any atom is 0.127 e. The van der Waals surface area contributed by atoms with E-state index in [9.17, 15) is 4.39 Å². The van der Waals surface area contributed by atoms with Crippen LogP contribution in [0.3, 0.4) is 0 Å². The fourth-order valence-electron chi connectivity index (χ4n) is 3.29. The Labute approximate surface area is 132 Å². The zero-order valence-corrected chi connectivity index (χ0v) is 14.0. The summed E-state index contributed by atoms with van der Waals surface area (Å²) >= 11 is 6.03. The van der Waals surface area contributed by atoms with Crippen molar-refractivity contribution in [2.24, 2.45) is 0 Å². The molecule has 2 nitrogen and oxygen atoms in total. The minimum Gasteiger partial charge on any atom is -0.311 e. The van der Waals surface area contributed by atoms with Crippen LogP contribution in [0.5, 0.6) is 0 Å². The lowest BCUT2D eigenvalue weighted by atomic mass is 9.86. The van der Waals surface area contributed by atoms with Crippen LogP contribution < -0.4 is 5.32 Å². The molecule has 0 spiro atoms. The molecule has 0 aromatic heterocycles. The Bertz CT molecular complexity index is 474. The van der Waals surface area contributed by atoms with Gasteiger partial charge in [0.25, 0.3) is 0 Å². The zero-order chi connectivity index (χ0) is 15.5. The van der Waals surface area contributed by atoms with Crippen LogP contribution in [0.15, 0.2) is 18.2 Å². The average Bonchev–Trinajstić information content (AvgIpc) is 2.51. The van der Waals surface area contributed by atoms with Gasteiger partial charge in [0.05, 0.1) is 0 Å². The van der Waals surface area contributed by atoms with Gasteiger partial charge in [-0.15, -0.1) is 0 Å². The molecule has 21 heavy (non-hydrogen) atoms. The highest BCUT2D eigenvalue weighted by molar-refractivity contribution is 6.30. The first kappa shape index (κ1) is 16.7. The summed E-state index contributed by atoms with van der Waals surface area (Å²) in [5, 5.41) is 4.25. The van der Waals surface area contributed by atoms with E-state index >= 15 is 0 Å². The van der Waals surface area contributed by atoms with E-state index in [4.69, 9.17) is 11.6 Å². The highest BCUT2D eigenvalue weighted by Crippen LogP contribution is 2.30. The third-order valence-corrected chi connectivity index (χ3v) is 5.24. The molecule has 0 radical (unpaired) electrons. The van der Waals surface area contributed by atoms with E-state index in [1.807, 2.05) is 0 Å². The number of benzene rings is 1. The Morgan fingerprint density at radius 3 is 2.67 bits per heavy atom. The fourth-order valence-corrected chi connectivity index (χ4v) is 3.49. The molecule has 0 amide bonds. The van der Waals surface area contributed by atoms with Crippen molar-refractivity contribution < 1.29 is 4.39 Å². The van der Waals surface area contributed by atoms with Gasteiger partial charge in [-0.05, 0) is 37.5 Å². The monoisotopic (exact) mass is 312 g/mol. The third-order valence-electron chi connectivity index (χ3n) is 5.01. The standard InChI is InChI=1S/C17H26ClFN2/c1-4-15-11-21(17(5-2,6-3)12-20-15)10-13-9-14(18)7-8-16(13)19/h7-9,15,20H,4-6,10-12H2,1-3H3. The SMILES string of the molecule is CCC1CN(Cc2cc(Cl)ccc2F)C(CC)(CC)CN1. The largest absolute Gasteiger partial charge is 0.311 e. The number of hydrogen-bond donors (Lipinski definition) is 1. The Kier molecular flexibility index (Phi) is 5.64. The van der Waals surface area contributed by atoms with Crippen molar-refractivity contribution in [2.45, 2.75) is 58.2 Å². The topological polar surface area (TPSA) is 15.3 Å². The van der Waals surface area contributed by atoms with Gasteiger partial charge in [0.2, 0.25) is 0 Å². The molecule has 1 atom stereocenters. The zero-order valence-electron chi connectivity index (χ0n) is 13.3. The molecule has 1 unspecified atom stereocenters. The highest BCUT2D eigenvalue weighted by atomic mass is 35.5. The van der Waals surface area contributed by atoms with E-state index in [1.165, 1.54) is 6.07 Å². The molecular formula is C17H26ClFN2. The second-order valence-electron chi connectivity index (χ2n) is 6.03. The number of hydrogen-bond acceptors (Lipinski definition) is 2. The van der Waals surface area contributed by atoms with E-state index < -0.39 is 0 Å². The molecular weight excluding hydrogens is 287 g/mol. The maximum absolute atomic E-state index is 14.1. The van der Waals surface area contributed by atoms with Gasteiger partial charge >= 0.3 is 0 Å². The predicted molar refractivity (Wildman–Crippen MR) is 87.2 cm³/mol. The number of nitrogens with zero attached hydrogens (tertiary/aromatic N) is 1. The highest BCUT2D eigenvalue weighted by Gasteiger charge is 2.38. The molecule has 1 N–H and O–H groups in total. The van der Waals surface area contributed by atoms with Crippen LogP contribution in [0.2, 0.25) is 5.02 Å². The third kappa shape index (κ3) is 3.58. The molecule has 118 valence electrons. The van der Waals surface area contributed by atoms with Gasteiger partial charge < -0.3 is 5.32 Å². The second kappa shape index (κ2) is 7.08. The summed E-state index contributed by atoms with van der Waals surface area (Å²) < 4.78 is 14.1. The lowest BCUT2D eigenvalue weighted by molar-refractivity contribution is 0.0230. The van der Waals surface area contributed by atoms with E-state index in [0.29, 0.717) is 23.2 Å². The first-order valence-corrected chi connectivity index (χ1v) is 8.34. The Morgan fingerprint density at radius 1 is 1.33 bits per heavy atom. The molecule has 1 aromatic carbocycles. The Balaban J connectivity index is 2.25. The lowest BCUT2D eigenvalue weighted by Gasteiger charge is -2.49. The van der Waals surface area contributed by atoms with Gasteiger partial charge in [-0.2, -0.15) is 0 Å². The van der Waals surface area contributed by atoms with Crippen LogP contribution in [-0.2, 0) is 6.54 Å². The summed E-state index contributed by atoms with van der Waals surface area (Å²) in [5.41, 5.74) is 0.811. The van der Waals surface area contributed by atoms with Crippen molar-refractivity contribution in [3.8, 4) is 0 Å². The Hall–Kier alpha value is -0.640. The van der Waals surface area contributed by atoms with Crippen LogP contribution in [0.4, 0.5) is 4.39 Å². The van der Waals surface area contributed by atoms with Gasteiger partial charge in [0.1, 0.15) is 5.82 Å². The second-order valence-corrected chi connectivity index (χ2v) is 6.47. The molecule has 4 heteroatoms. The van der Waals surface area contributed by atoms with E-state index in [1.54, 1.807) is 12.1 Å². The minimum atomic E-state index is -0.160. The van der Waals surface area contributed by atoms with E-state index in [0.717, 1.165) is 32.4 Å².